The van der Waals surface area contributed by atoms with Crippen LogP contribution in [0.25, 0.3) is 0 Å². The van der Waals surface area contributed by atoms with Crippen LogP contribution in [0.5, 0.6) is 0 Å². The molecule has 0 radical (unpaired) electrons. The molecule has 0 amide bonds. The van der Waals surface area contributed by atoms with Crippen LogP contribution in [0.15, 0.2) is 23.2 Å². The normalized spacial score (nSPS) is 14.4. The standard InChI is InChI=1S/C11H15FIN3O2/c1-11(2,17)10(18-15)16-9(13)6-3-4-7(12)8(14)5-6/h3-5,9,17H,14-15H2,1-2H3/b16-10-. The van der Waals surface area contributed by atoms with E-state index in [4.69, 9.17) is 11.6 Å². The van der Waals surface area contributed by atoms with E-state index in [1.165, 1.54) is 26.0 Å². The van der Waals surface area contributed by atoms with Gasteiger partial charge in [0.15, 0.2) is 0 Å². The SMILES string of the molecule is CC(C)(O)/C(=N/C(I)c1ccc(F)c(N)c1)ON. The summed E-state index contributed by atoms with van der Waals surface area (Å²) in [5.74, 6) is 4.57. The molecule has 0 bridgehead atoms. The average Bonchev–Trinajstić information content (AvgIpc) is 2.27. The number of aliphatic hydroxyl groups is 1. The molecule has 5 nitrogen and oxygen atoms in total. The van der Waals surface area contributed by atoms with Crippen LogP contribution in [0, 0.1) is 5.82 Å². The Hall–Kier alpha value is -0.930. The molecule has 0 aliphatic rings. The van der Waals surface area contributed by atoms with E-state index < -0.39 is 15.5 Å². The van der Waals surface area contributed by atoms with Crippen molar-refractivity contribution in [2.24, 2.45) is 10.9 Å². The van der Waals surface area contributed by atoms with Crippen molar-refractivity contribution in [3.63, 3.8) is 0 Å². The molecule has 0 aliphatic carbocycles. The fourth-order valence-corrected chi connectivity index (χ4v) is 1.86. The van der Waals surface area contributed by atoms with Gasteiger partial charge >= 0.3 is 0 Å². The second kappa shape index (κ2) is 5.81. The number of hydrogen-bond acceptors (Lipinski definition) is 5. The van der Waals surface area contributed by atoms with E-state index in [0.29, 0.717) is 5.56 Å². The summed E-state index contributed by atoms with van der Waals surface area (Å²) in [6.45, 7) is 3.00. The van der Waals surface area contributed by atoms with E-state index in [1.54, 1.807) is 6.07 Å². The first-order valence-corrected chi connectivity index (χ1v) is 6.36. The van der Waals surface area contributed by atoms with E-state index in [9.17, 15) is 9.50 Å². The summed E-state index contributed by atoms with van der Waals surface area (Å²) in [7, 11) is 0. The molecule has 0 saturated carbocycles. The molecule has 5 N–H and O–H groups in total. The number of alkyl halides is 1. The van der Waals surface area contributed by atoms with Gasteiger partial charge in [0.1, 0.15) is 15.5 Å². The second-order valence-electron chi connectivity index (χ2n) is 4.23. The summed E-state index contributed by atoms with van der Waals surface area (Å²) >= 11 is 2.00. The summed E-state index contributed by atoms with van der Waals surface area (Å²) in [6, 6.07) is 4.30. The predicted molar refractivity (Wildman–Crippen MR) is 76.6 cm³/mol. The Morgan fingerprint density at radius 1 is 1.56 bits per heavy atom. The van der Waals surface area contributed by atoms with Gasteiger partial charge in [-0.2, -0.15) is 5.90 Å². The van der Waals surface area contributed by atoms with E-state index in [-0.39, 0.29) is 11.6 Å². The Morgan fingerprint density at radius 3 is 2.61 bits per heavy atom. The number of hydrogen-bond donors (Lipinski definition) is 3. The van der Waals surface area contributed by atoms with Crippen LogP contribution in [0.3, 0.4) is 0 Å². The molecule has 100 valence electrons. The third-order valence-electron chi connectivity index (χ3n) is 2.16. The molecule has 1 aromatic carbocycles. The molecule has 0 heterocycles. The van der Waals surface area contributed by atoms with Crippen molar-refractivity contribution < 1.29 is 14.3 Å². The largest absolute Gasteiger partial charge is 0.396 e. The molecule has 0 fully saturated rings. The van der Waals surface area contributed by atoms with Gasteiger partial charge in [-0.25, -0.2) is 9.38 Å². The van der Waals surface area contributed by atoms with Gasteiger partial charge in [-0.05, 0) is 31.5 Å². The van der Waals surface area contributed by atoms with E-state index in [2.05, 4.69) is 9.83 Å². The van der Waals surface area contributed by atoms with Crippen LogP contribution in [0.2, 0.25) is 0 Å². The first kappa shape index (κ1) is 15.1. The highest BCUT2D eigenvalue weighted by Crippen LogP contribution is 2.28. The van der Waals surface area contributed by atoms with Gasteiger partial charge in [0, 0.05) is 0 Å². The maximum Gasteiger partial charge on any atom is 0.241 e. The first-order chi connectivity index (χ1) is 8.25. The fourth-order valence-electron chi connectivity index (χ4n) is 1.22. The van der Waals surface area contributed by atoms with E-state index in [0.717, 1.165) is 0 Å². The number of nitrogens with two attached hydrogens (primary N) is 2. The van der Waals surface area contributed by atoms with Gasteiger partial charge in [0.05, 0.1) is 5.69 Å². The minimum absolute atomic E-state index is 0.00945. The van der Waals surface area contributed by atoms with Crippen molar-refractivity contribution in [2.75, 3.05) is 5.73 Å². The highest BCUT2D eigenvalue weighted by Gasteiger charge is 2.24. The van der Waals surface area contributed by atoms with Crippen molar-refractivity contribution in [1.29, 1.82) is 0 Å². The zero-order valence-corrected chi connectivity index (χ0v) is 12.2. The Labute approximate surface area is 118 Å². The van der Waals surface area contributed by atoms with Crippen LogP contribution in [0.1, 0.15) is 23.5 Å². The lowest BCUT2D eigenvalue weighted by Crippen LogP contribution is -2.35. The maximum absolute atomic E-state index is 13.0. The Bertz CT molecular complexity index is 460. The number of benzene rings is 1. The summed E-state index contributed by atoms with van der Waals surface area (Å²) < 4.78 is 12.6. The molecular formula is C11H15FIN3O2. The van der Waals surface area contributed by atoms with Crippen LogP contribution in [-0.4, -0.2) is 16.6 Å². The lowest BCUT2D eigenvalue weighted by Gasteiger charge is -2.19. The van der Waals surface area contributed by atoms with Crippen molar-refractivity contribution in [3.8, 4) is 0 Å². The summed E-state index contributed by atoms with van der Waals surface area (Å²) in [4.78, 5) is 8.69. The molecule has 1 atom stereocenters. The van der Waals surface area contributed by atoms with Gasteiger partial charge in [-0.1, -0.05) is 28.7 Å². The third-order valence-corrected chi connectivity index (χ3v) is 3.16. The summed E-state index contributed by atoms with van der Waals surface area (Å²) in [5.41, 5.74) is 4.92. The molecule has 18 heavy (non-hydrogen) atoms. The van der Waals surface area contributed by atoms with Crippen molar-refractivity contribution >= 4 is 34.2 Å². The zero-order chi connectivity index (χ0) is 13.9. The summed E-state index contributed by atoms with van der Waals surface area (Å²) in [6.07, 6.45) is 0. The van der Waals surface area contributed by atoms with Crippen LogP contribution in [-0.2, 0) is 4.84 Å². The number of halogens is 2. The van der Waals surface area contributed by atoms with Crippen LogP contribution >= 0.6 is 22.6 Å². The zero-order valence-electron chi connectivity index (χ0n) is 10.0. The van der Waals surface area contributed by atoms with Gasteiger partial charge in [-0.15, -0.1) is 0 Å². The Balaban J connectivity index is 3.03. The van der Waals surface area contributed by atoms with Gasteiger partial charge in [0.2, 0.25) is 5.90 Å². The lowest BCUT2D eigenvalue weighted by atomic mass is 10.1. The topological polar surface area (TPSA) is 93.9 Å². The lowest BCUT2D eigenvalue weighted by molar-refractivity contribution is 0.113. The molecule has 0 spiro atoms. The highest BCUT2D eigenvalue weighted by molar-refractivity contribution is 14.1. The molecule has 1 rings (SSSR count). The van der Waals surface area contributed by atoms with Crippen LogP contribution in [0.4, 0.5) is 10.1 Å². The maximum atomic E-state index is 13.0. The molecule has 1 aromatic rings. The predicted octanol–water partition coefficient (Wildman–Crippen LogP) is 1.90. The minimum atomic E-state index is -1.29. The molecule has 0 aromatic heterocycles. The van der Waals surface area contributed by atoms with Crippen LogP contribution < -0.4 is 11.6 Å². The molecular weight excluding hydrogens is 352 g/mol. The molecule has 1 unspecified atom stereocenters. The number of nitrogen functional groups attached to an aromatic ring is 1. The summed E-state index contributed by atoms with van der Waals surface area (Å²) in [5, 5.41) is 9.75. The molecule has 0 saturated heterocycles. The van der Waals surface area contributed by atoms with Crippen molar-refractivity contribution in [3.05, 3.63) is 29.6 Å². The monoisotopic (exact) mass is 367 g/mol. The molecule has 0 aliphatic heterocycles. The van der Waals surface area contributed by atoms with Gasteiger partial charge in [0.25, 0.3) is 0 Å². The molecule has 7 heteroatoms. The Morgan fingerprint density at radius 2 is 2.17 bits per heavy atom. The van der Waals surface area contributed by atoms with E-state index >= 15 is 0 Å². The third kappa shape index (κ3) is 3.79. The quantitative estimate of drug-likeness (QED) is 0.145. The average molecular weight is 367 g/mol. The minimum Gasteiger partial charge on any atom is -0.396 e. The fraction of sp³-hybridized carbons (Fsp3) is 0.364. The van der Waals surface area contributed by atoms with E-state index in [1.807, 2.05) is 22.6 Å². The number of rotatable bonds is 3. The Kier molecular flexibility index (Phi) is 4.88. The van der Waals surface area contributed by atoms with Gasteiger partial charge in [-0.3, -0.25) is 0 Å². The highest BCUT2D eigenvalue weighted by atomic mass is 127. The van der Waals surface area contributed by atoms with Gasteiger partial charge < -0.3 is 15.7 Å². The second-order valence-corrected chi connectivity index (χ2v) is 5.41. The smallest absolute Gasteiger partial charge is 0.241 e. The number of aliphatic imine (C=N–C) groups is 1. The van der Waals surface area contributed by atoms with Crippen molar-refractivity contribution in [1.82, 2.24) is 0 Å². The number of nitrogens with zero attached hydrogens (tertiary/aromatic N) is 1. The number of anilines is 1. The first-order valence-electron chi connectivity index (χ1n) is 5.12. The van der Waals surface area contributed by atoms with Crippen molar-refractivity contribution in [2.45, 2.75) is 23.5 Å².